The Morgan fingerprint density at radius 2 is 2.06 bits per heavy atom. The molecular formula is C14H24N4. The van der Waals surface area contributed by atoms with E-state index in [4.69, 9.17) is 5.84 Å². The number of rotatable bonds is 6. The zero-order valence-corrected chi connectivity index (χ0v) is 11.3. The van der Waals surface area contributed by atoms with E-state index in [0.717, 1.165) is 25.8 Å². The topological polar surface area (TPSA) is 62.4 Å². The van der Waals surface area contributed by atoms with E-state index in [1.165, 1.54) is 5.56 Å². The summed E-state index contributed by atoms with van der Waals surface area (Å²) in [6, 6.07) is 10.7. The lowest BCUT2D eigenvalue weighted by Gasteiger charge is -2.16. The van der Waals surface area contributed by atoms with Gasteiger partial charge >= 0.3 is 0 Å². The molecule has 1 atom stereocenters. The van der Waals surface area contributed by atoms with Crippen LogP contribution in [-0.2, 0) is 6.42 Å². The van der Waals surface area contributed by atoms with E-state index >= 15 is 0 Å². The van der Waals surface area contributed by atoms with Crippen LogP contribution in [0.25, 0.3) is 0 Å². The molecule has 100 valence electrons. The first-order chi connectivity index (χ1) is 8.76. The predicted molar refractivity (Wildman–Crippen MR) is 77.3 cm³/mol. The van der Waals surface area contributed by atoms with Gasteiger partial charge in [-0.2, -0.15) is 0 Å². The van der Waals surface area contributed by atoms with Crippen LogP contribution < -0.4 is 16.6 Å². The van der Waals surface area contributed by atoms with Gasteiger partial charge in [0.25, 0.3) is 0 Å². The minimum Gasteiger partial charge on any atom is -0.353 e. The van der Waals surface area contributed by atoms with Crippen LogP contribution >= 0.6 is 0 Å². The molecule has 0 heterocycles. The fraction of sp³-hybridized carbons (Fsp3) is 0.500. The molecule has 0 fully saturated rings. The van der Waals surface area contributed by atoms with Crippen LogP contribution in [0.3, 0.4) is 0 Å². The van der Waals surface area contributed by atoms with Crippen LogP contribution in [0.5, 0.6) is 0 Å². The van der Waals surface area contributed by atoms with Gasteiger partial charge < -0.3 is 5.32 Å². The van der Waals surface area contributed by atoms with Crippen LogP contribution in [-0.4, -0.2) is 18.5 Å². The van der Waals surface area contributed by atoms with Gasteiger partial charge in [0.2, 0.25) is 5.96 Å². The number of hydrogen-bond acceptors (Lipinski definition) is 2. The third-order valence-corrected chi connectivity index (χ3v) is 2.69. The Labute approximate surface area is 110 Å². The van der Waals surface area contributed by atoms with Crippen LogP contribution in [0.15, 0.2) is 35.3 Å². The quantitative estimate of drug-likeness (QED) is 0.237. The van der Waals surface area contributed by atoms with Crippen molar-refractivity contribution in [3.05, 3.63) is 35.9 Å². The Bertz CT molecular complexity index is 348. The maximum Gasteiger partial charge on any atom is 0.205 e. The van der Waals surface area contributed by atoms with Gasteiger partial charge in [0.05, 0.1) is 0 Å². The summed E-state index contributed by atoms with van der Waals surface area (Å²) in [6.45, 7) is 5.08. The number of nitrogens with two attached hydrogens (primary N) is 1. The molecule has 4 N–H and O–H groups in total. The van der Waals surface area contributed by atoms with E-state index in [-0.39, 0.29) is 0 Å². The Morgan fingerprint density at radius 1 is 1.33 bits per heavy atom. The lowest BCUT2D eigenvalue weighted by atomic mass is 10.1. The minimum atomic E-state index is 0.295. The number of unbranched alkanes of at least 4 members (excludes halogenated alkanes) is 1. The van der Waals surface area contributed by atoms with E-state index in [2.05, 4.69) is 53.8 Å². The van der Waals surface area contributed by atoms with Crippen molar-refractivity contribution in [1.29, 1.82) is 0 Å². The summed E-state index contributed by atoms with van der Waals surface area (Å²) < 4.78 is 0. The third-order valence-electron chi connectivity index (χ3n) is 2.69. The summed E-state index contributed by atoms with van der Waals surface area (Å²) in [5.41, 5.74) is 3.92. The van der Waals surface area contributed by atoms with E-state index in [9.17, 15) is 0 Å². The summed E-state index contributed by atoms with van der Waals surface area (Å²) in [6.07, 6.45) is 3.18. The van der Waals surface area contributed by atoms with Gasteiger partial charge in [-0.15, -0.1) is 0 Å². The molecule has 18 heavy (non-hydrogen) atoms. The number of nitrogens with zero attached hydrogens (tertiary/aromatic N) is 1. The molecule has 0 amide bonds. The summed E-state index contributed by atoms with van der Waals surface area (Å²) in [4.78, 5) is 4.38. The molecule has 1 aromatic carbocycles. The van der Waals surface area contributed by atoms with Gasteiger partial charge in [-0.05, 0) is 25.3 Å². The zero-order valence-electron chi connectivity index (χ0n) is 11.3. The van der Waals surface area contributed by atoms with Crippen molar-refractivity contribution < 1.29 is 0 Å². The number of guanidine groups is 1. The van der Waals surface area contributed by atoms with Crippen molar-refractivity contribution >= 4 is 5.96 Å². The minimum absolute atomic E-state index is 0.295. The van der Waals surface area contributed by atoms with Gasteiger partial charge in [0, 0.05) is 12.6 Å². The highest BCUT2D eigenvalue weighted by molar-refractivity contribution is 5.79. The van der Waals surface area contributed by atoms with Gasteiger partial charge in [-0.3, -0.25) is 10.4 Å². The summed E-state index contributed by atoms with van der Waals surface area (Å²) in [7, 11) is 0. The van der Waals surface area contributed by atoms with Gasteiger partial charge in [0.1, 0.15) is 0 Å². The smallest absolute Gasteiger partial charge is 0.205 e. The van der Waals surface area contributed by atoms with Crippen LogP contribution in [0.1, 0.15) is 32.3 Å². The Balaban J connectivity index is 2.42. The lowest BCUT2D eigenvalue weighted by Crippen LogP contribution is -2.46. The largest absolute Gasteiger partial charge is 0.353 e. The fourth-order valence-electron chi connectivity index (χ4n) is 1.73. The van der Waals surface area contributed by atoms with E-state index < -0.39 is 0 Å². The molecule has 1 unspecified atom stereocenters. The highest BCUT2D eigenvalue weighted by atomic mass is 15.3. The summed E-state index contributed by atoms with van der Waals surface area (Å²) >= 11 is 0. The molecule has 0 aliphatic heterocycles. The summed E-state index contributed by atoms with van der Waals surface area (Å²) in [5, 5.41) is 3.29. The number of benzene rings is 1. The second-order valence-corrected chi connectivity index (χ2v) is 4.46. The Kier molecular flexibility index (Phi) is 6.87. The average molecular weight is 248 g/mol. The maximum atomic E-state index is 5.45. The van der Waals surface area contributed by atoms with E-state index in [1.54, 1.807) is 0 Å². The molecular weight excluding hydrogens is 224 g/mol. The number of hydrazine groups is 1. The molecule has 0 radical (unpaired) electrons. The molecule has 0 spiro atoms. The van der Waals surface area contributed by atoms with Crippen molar-refractivity contribution in [2.45, 2.75) is 39.2 Å². The molecule has 0 aromatic heterocycles. The van der Waals surface area contributed by atoms with Crippen molar-refractivity contribution in [2.24, 2.45) is 10.8 Å². The Hall–Kier alpha value is -1.55. The highest BCUT2D eigenvalue weighted by Crippen LogP contribution is 2.02. The molecule has 4 heteroatoms. The van der Waals surface area contributed by atoms with Gasteiger partial charge in [-0.1, -0.05) is 43.7 Å². The molecule has 0 aliphatic rings. The van der Waals surface area contributed by atoms with Crippen molar-refractivity contribution in [3.8, 4) is 0 Å². The monoisotopic (exact) mass is 248 g/mol. The average Bonchev–Trinajstić information content (AvgIpc) is 2.39. The van der Waals surface area contributed by atoms with Gasteiger partial charge in [-0.25, -0.2) is 5.84 Å². The fourth-order valence-corrected chi connectivity index (χ4v) is 1.73. The zero-order chi connectivity index (χ0) is 13.2. The van der Waals surface area contributed by atoms with E-state index in [1.807, 2.05) is 6.07 Å². The normalized spacial score (nSPS) is 13.2. The van der Waals surface area contributed by atoms with Crippen LogP contribution in [0.4, 0.5) is 0 Å². The van der Waals surface area contributed by atoms with Crippen LogP contribution in [0.2, 0.25) is 0 Å². The molecule has 4 nitrogen and oxygen atoms in total. The second-order valence-electron chi connectivity index (χ2n) is 4.46. The molecule has 0 saturated carbocycles. The second kappa shape index (κ2) is 8.53. The molecule has 0 aliphatic carbocycles. The maximum absolute atomic E-state index is 5.45. The number of hydrogen-bond donors (Lipinski definition) is 3. The third kappa shape index (κ3) is 5.68. The van der Waals surface area contributed by atoms with Crippen molar-refractivity contribution in [3.63, 3.8) is 0 Å². The highest BCUT2D eigenvalue weighted by Gasteiger charge is 2.05. The summed E-state index contributed by atoms with van der Waals surface area (Å²) in [5.74, 6) is 6.13. The number of aliphatic imine (C=N–C) groups is 1. The first kappa shape index (κ1) is 14.5. The van der Waals surface area contributed by atoms with Gasteiger partial charge in [0.15, 0.2) is 0 Å². The molecule has 0 saturated heterocycles. The Morgan fingerprint density at radius 3 is 2.67 bits per heavy atom. The van der Waals surface area contributed by atoms with Crippen molar-refractivity contribution in [2.75, 3.05) is 6.54 Å². The van der Waals surface area contributed by atoms with Crippen molar-refractivity contribution in [1.82, 2.24) is 10.7 Å². The molecule has 1 rings (SSSR count). The van der Waals surface area contributed by atoms with E-state index in [0.29, 0.717) is 12.0 Å². The molecule has 0 bridgehead atoms. The SMILES string of the molecule is CCCCN=C(NN)NC(C)Cc1ccccc1. The first-order valence-electron chi connectivity index (χ1n) is 6.57. The molecule has 1 aromatic rings. The van der Waals surface area contributed by atoms with Crippen LogP contribution in [0, 0.1) is 0 Å². The standard InChI is InChI=1S/C14H24N4/c1-3-4-10-16-14(18-15)17-12(2)11-13-8-6-5-7-9-13/h5-9,12H,3-4,10-11,15H2,1-2H3,(H2,16,17,18). The first-order valence-corrected chi connectivity index (χ1v) is 6.57. The lowest BCUT2D eigenvalue weighted by molar-refractivity contribution is 0.639. The number of nitrogens with one attached hydrogen (secondary N) is 2. The predicted octanol–water partition coefficient (Wildman–Crippen LogP) is 1.83.